The van der Waals surface area contributed by atoms with Crippen molar-refractivity contribution in [3.63, 3.8) is 0 Å². The maximum atomic E-state index is 12.5. The molecule has 4 heterocycles. The smallest absolute Gasteiger partial charge is 0.291 e. The number of benzene rings is 2. The number of aliphatic imine (C=N–C) groups is 1. The molecule has 0 aliphatic carbocycles. The van der Waals surface area contributed by atoms with Crippen molar-refractivity contribution in [1.82, 2.24) is 24.8 Å². The van der Waals surface area contributed by atoms with Gasteiger partial charge in [0.15, 0.2) is 5.82 Å². The zero-order valence-electron chi connectivity index (χ0n) is 20.4. The minimum absolute atomic E-state index is 0.0752. The zero-order valence-corrected chi connectivity index (χ0v) is 20.4. The van der Waals surface area contributed by atoms with Crippen LogP contribution in [-0.2, 0) is 6.54 Å². The Labute approximate surface area is 208 Å². The summed E-state index contributed by atoms with van der Waals surface area (Å²) in [5.74, 6) is 0.799. The molecule has 0 unspecified atom stereocenters. The van der Waals surface area contributed by atoms with E-state index in [1.807, 2.05) is 37.3 Å². The first-order valence-corrected chi connectivity index (χ1v) is 12.3. The quantitative estimate of drug-likeness (QED) is 0.348. The second kappa shape index (κ2) is 8.83. The Morgan fingerprint density at radius 2 is 1.94 bits per heavy atom. The van der Waals surface area contributed by atoms with Crippen LogP contribution in [0.4, 0.5) is 11.4 Å². The second-order valence-corrected chi connectivity index (χ2v) is 9.70. The van der Waals surface area contributed by atoms with E-state index in [4.69, 9.17) is 4.99 Å². The topological polar surface area (TPSA) is 113 Å². The fraction of sp³-hybridized carbons (Fsp3) is 0.296. The van der Waals surface area contributed by atoms with Crippen molar-refractivity contribution in [1.29, 1.82) is 0 Å². The number of para-hydroxylation sites is 1. The number of rotatable bonds is 4. The van der Waals surface area contributed by atoms with Crippen LogP contribution in [0.1, 0.15) is 40.3 Å². The highest BCUT2D eigenvalue weighted by molar-refractivity contribution is 6.14. The molecule has 1 fully saturated rings. The van der Waals surface area contributed by atoms with Gasteiger partial charge in [0.2, 0.25) is 5.88 Å². The molecular weight excluding hydrogens is 454 g/mol. The fourth-order valence-electron chi connectivity index (χ4n) is 5.20. The summed E-state index contributed by atoms with van der Waals surface area (Å²) < 4.78 is 0. The first-order chi connectivity index (χ1) is 17.5. The Kier molecular flexibility index (Phi) is 5.49. The van der Waals surface area contributed by atoms with Crippen LogP contribution in [-0.4, -0.2) is 67.8 Å². The highest BCUT2D eigenvalue weighted by Crippen LogP contribution is 2.37. The number of H-pyrrole nitrogens is 2. The minimum Gasteiger partial charge on any atom is -0.494 e. The normalized spacial score (nSPS) is 16.7. The number of likely N-dealkylation sites (tertiary alicyclic amines) is 1. The molecule has 9 nitrogen and oxygen atoms in total. The van der Waals surface area contributed by atoms with E-state index in [-0.39, 0.29) is 17.6 Å². The number of anilines is 1. The van der Waals surface area contributed by atoms with E-state index in [2.05, 4.69) is 49.2 Å². The van der Waals surface area contributed by atoms with Gasteiger partial charge in [-0.2, -0.15) is 0 Å². The van der Waals surface area contributed by atoms with Crippen molar-refractivity contribution in [3.8, 4) is 5.88 Å². The number of carbonyl (C=O) groups excluding carboxylic acids is 1. The van der Waals surface area contributed by atoms with Gasteiger partial charge in [0, 0.05) is 35.6 Å². The molecule has 1 amide bonds. The highest BCUT2D eigenvalue weighted by Gasteiger charge is 2.32. The number of aryl methyl sites for hydroxylation is 1. The molecule has 0 bridgehead atoms. The summed E-state index contributed by atoms with van der Waals surface area (Å²) in [6, 6.07) is 14.1. The number of carbonyl (C=O) groups is 1. The standard InChI is InChI=1S/C27H29N7O2/c1-16-14-28-24(29-16)27(36)30-18-7-8-20-22(13-18)32-26(35)23(20)25-31-21-6-4-3-5-17(21)15-34(25)19-9-11-33(2)12-10-19/h3-8,13-14,19,32,35H,9-12,15H2,1-2H3,(H,28,29)(H,30,36). The summed E-state index contributed by atoms with van der Waals surface area (Å²) >= 11 is 0. The van der Waals surface area contributed by atoms with Gasteiger partial charge in [-0.15, -0.1) is 0 Å². The number of nitrogens with zero attached hydrogens (tertiary/aromatic N) is 4. The number of aromatic hydroxyl groups is 1. The number of fused-ring (bicyclic) bond motifs is 2. The first-order valence-electron chi connectivity index (χ1n) is 12.3. The van der Waals surface area contributed by atoms with Crippen molar-refractivity contribution in [2.75, 3.05) is 25.5 Å². The van der Waals surface area contributed by atoms with Crippen molar-refractivity contribution >= 4 is 34.0 Å². The van der Waals surface area contributed by atoms with Crippen molar-refractivity contribution in [2.45, 2.75) is 32.4 Å². The minimum atomic E-state index is -0.319. The highest BCUT2D eigenvalue weighted by atomic mass is 16.3. The van der Waals surface area contributed by atoms with Crippen LogP contribution in [0.2, 0.25) is 0 Å². The van der Waals surface area contributed by atoms with Gasteiger partial charge in [-0.05, 0) is 69.7 Å². The lowest BCUT2D eigenvalue weighted by atomic mass is 9.98. The fourth-order valence-corrected chi connectivity index (χ4v) is 5.20. The van der Waals surface area contributed by atoms with Gasteiger partial charge in [0.25, 0.3) is 5.91 Å². The van der Waals surface area contributed by atoms with Crippen LogP contribution in [0.25, 0.3) is 10.9 Å². The van der Waals surface area contributed by atoms with Gasteiger partial charge >= 0.3 is 0 Å². The molecule has 4 N–H and O–H groups in total. The van der Waals surface area contributed by atoms with E-state index in [0.29, 0.717) is 17.3 Å². The molecule has 2 aliphatic rings. The first kappa shape index (κ1) is 22.4. The number of nitrogens with one attached hydrogen (secondary N) is 3. The summed E-state index contributed by atoms with van der Waals surface area (Å²) in [5.41, 5.74) is 4.97. The van der Waals surface area contributed by atoms with E-state index < -0.39 is 0 Å². The number of amidine groups is 1. The van der Waals surface area contributed by atoms with Crippen LogP contribution in [0.15, 0.2) is 53.7 Å². The molecular formula is C27H29N7O2. The summed E-state index contributed by atoms with van der Waals surface area (Å²) in [4.78, 5) is 32.4. The number of piperidine rings is 1. The lowest BCUT2D eigenvalue weighted by Gasteiger charge is -2.41. The maximum Gasteiger partial charge on any atom is 0.291 e. The molecule has 2 aromatic carbocycles. The second-order valence-electron chi connectivity index (χ2n) is 9.70. The Bertz CT molecular complexity index is 1480. The molecule has 0 atom stereocenters. The number of imidazole rings is 1. The van der Waals surface area contributed by atoms with Crippen LogP contribution in [0.3, 0.4) is 0 Å². The monoisotopic (exact) mass is 483 g/mol. The molecule has 1 saturated heterocycles. The summed E-state index contributed by atoms with van der Waals surface area (Å²) in [5, 5.41) is 14.8. The van der Waals surface area contributed by atoms with Crippen molar-refractivity contribution in [2.24, 2.45) is 4.99 Å². The third kappa shape index (κ3) is 4.01. The summed E-state index contributed by atoms with van der Waals surface area (Å²) in [6.45, 7) is 4.68. The molecule has 6 rings (SSSR count). The SMILES string of the molecule is Cc1cnc(C(=O)Nc2ccc3c(C4=Nc5ccccc5CN4C4CCN(C)CC4)c(O)[nH]c3c2)[nH]1. The van der Waals surface area contributed by atoms with E-state index >= 15 is 0 Å². The number of aromatic nitrogens is 3. The van der Waals surface area contributed by atoms with Crippen LogP contribution < -0.4 is 5.32 Å². The van der Waals surface area contributed by atoms with Gasteiger partial charge in [0.1, 0.15) is 5.84 Å². The third-order valence-electron chi connectivity index (χ3n) is 7.14. The molecule has 0 saturated carbocycles. The Morgan fingerprint density at radius 3 is 2.72 bits per heavy atom. The zero-order chi connectivity index (χ0) is 24.8. The van der Waals surface area contributed by atoms with Crippen molar-refractivity contribution < 1.29 is 9.90 Å². The van der Waals surface area contributed by atoms with E-state index in [1.54, 1.807) is 6.20 Å². The molecule has 36 heavy (non-hydrogen) atoms. The predicted octanol–water partition coefficient (Wildman–Crippen LogP) is 4.15. The van der Waals surface area contributed by atoms with Gasteiger partial charge in [-0.1, -0.05) is 18.2 Å². The number of hydrogen-bond acceptors (Lipinski definition) is 6. The predicted molar refractivity (Wildman–Crippen MR) is 140 cm³/mol. The van der Waals surface area contributed by atoms with E-state index in [1.165, 1.54) is 5.56 Å². The molecule has 4 aromatic rings. The molecule has 2 aromatic heterocycles. The molecule has 0 spiro atoms. The lowest BCUT2D eigenvalue weighted by Crippen LogP contribution is -2.47. The lowest BCUT2D eigenvalue weighted by molar-refractivity contribution is 0.101. The van der Waals surface area contributed by atoms with E-state index in [0.717, 1.165) is 60.6 Å². The Morgan fingerprint density at radius 1 is 1.14 bits per heavy atom. The van der Waals surface area contributed by atoms with Crippen LogP contribution >= 0.6 is 0 Å². The molecule has 2 aliphatic heterocycles. The van der Waals surface area contributed by atoms with Gasteiger partial charge in [0.05, 0.1) is 16.8 Å². The number of hydrogen-bond donors (Lipinski definition) is 4. The largest absolute Gasteiger partial charge is 0.494 e. The summed E-state index contributed by atoms with van der Waals surface area (Å²) in [7, 11) is 2.16. The van der Waals surface area contributed by atoms with Gasteiger partial charge in [-0.3, -0.25) is 4.79 Å². The van der Waals surface area contributed by atoms with E-state index in [9.17, 15) is 9.90 Å². The molecule has 0 radical (unpaired) electrons. The van der Waals surface area contributed by atoms with Crippen LogP contribution in [0.5, 0.6) is 5.88 Å². The average molecular weight is 484 g/mol. The molecule has 184 valence electrons. The van der Waals surface area contributed by atoms with Gasteiger partial charge in [-0.25, -0.2) is 9.98 Å². The number of aromatic amines is 2. The average Bonchev–Trinajstić information content (AvgIpc) is 3.45. The van der Waals surface area contributed by atoms with Crippen LogP contribution in [0, 0.1) is 6.92 Å². The van der Waals surface area contributed by atoms with Crippen molar-refractivity contribution in [3.05, 3.63) is 71.3 Å². The Hall–Kier alpha value is -4.11. The third-order valence-corrected chi connectivity index (χ3v) is 7.14. The van der Waals surface area contributed by atoms with Gasteiger partial charge < -0.3 is 30.2 Å². The maximum absolute atomic E-state index is 12.5. The number of amides is 1. The summed E-state index contributed by atoms with van der Waals surface area (Å²) in [6.07, 6.45) is 3.71. The Balaban J connectivity index is 1.37. The molecule has 9 heteroatoms.